The van der Waals surface area contributed by atoms with Crippen molar-refractivity contribution >= 4 is 17.7 Å². The summed E-state index contributed by atoms with van der Waals surface area (Å²) in [6, 6.07) is 2.79. The van der Waals surface area contributed by atoms with E-state index in [0.29, 0.717) is 11.5 Å². The summed E-state index contributed by atoms with van der Waals surface area (Å²) < 4.78 is 0. The van der Waals surface area contributed by atoms with Gasteiger partial charge in [-0.2, -0.15) is 0 Å². The second kappa shape index (κ2) is 4.41. The minimum atomic E-state index is -1.04. The van der Waals surface area contributed by atoms with Gasteiger partial charge in [0.1, 0.15) is 5.82 Å². The number of aromatic carboxylic acids is 1. The maximum absolute atomic E-state index is 10.7. The van der Waals surface area contributed by atoms with E-state index in [1.807, 2.05) is 0 Å². The van der Waals surface area contributed by atoms with Crippen molar-refractivity contribution in [2.75, 3.05) is 11.9 Å². The van der Waals surface area contributed by atoms with Crippen LogP contribution in [0.25, 0.3) is 0 Å². The fourth-order valence-electron chi connectivity index (χ4n) is 1.06. The summed E-state index contributed by atoms with van der Waals surface area (Å²) in [5.41, 5.74) is 5.61. The fourth-order valence-corrected chi connectivity index (χ4v) is 1.06. The molecule has 0 aliphatic rings. The van der Waals surface area contributed by atoms with Crippen LogP contribution in [-0.2, 0) is 4.79 Å². The van der Waals surface area contributed by atoms with E-state index < -0.39 is 11.9 Å². The number of hydrogen-bond donors (Lipinski definition) is 3. The van der Waals surface area contributed by atoms with Crippen molar-refractivity contribution in [1.82, 2.24) is 4.98 Å². The Morgan fingerprint density at radius 1 is 1.53 bits per heavy atom. The molecule has 1 heterocycles. The molecule has 0 fully saturated rings. The number of carbonyl (C=O) groups excluding carboxylic acids is 1. The molecule has 1 amide bonds. The molecule has 80 valence electrons. The molecule has 0 aliphatic carbocycles. The highest BCUT2D eigenvalue weighted by atomic mass is 16.4. The van der Waals surface area contributed by atoms with Crippen molar-refractivity contribution in [3.63, 3.8) is 0 Å². The number of nitrogens with zero attached hydrogens (tertiary/aromatic N) is 1. The molecule has 4 N–H and O–H groups in total. The topological polar surface area (TPSA) is 105 Å². The second-order valence-corrected chi connectivity index (χ2v) is 3.01. The van der Waals surface area contributed by atoms with Crippen LogP contribution in [-0.4, -0.2) is 28.5 Å². The molecule has 0 bridgehead atoms. The first-order chi connectivity index (χ1) is 6.99. The number of anilines is 1. The Morgan fingerprint density at radius 2 is 2.20 bits per heavy atom. The van der Waals surface area contributed by atoms with Crippen LogP contribution in [0.15, 0.2) is 12.1 Å². The summed E-state index contributed by atoms with van der Waals surface area (Å²) in [6.07, 6.45) is 0. The molecule has 1 aromatic heterocycles. The second-order valence-electron chi connectivity index (χ2n) is 3.01. The van der Waals surface area contributed by atoms with Crippen LogP contribution >= 0.6 is 0 Å². The molecule has 1 aromatic rings. The van der Waals surface area contributed by atoms with Gasteiger partial charge in [-0.3, -0.25) is 4.79 Å². The van der Waals surface area contributed by atoms with E-state index in [1.54, 1.807) is 6.92 Å². The van der Waals surface area contributed by atoms with Gasteiger partial charge >= 0.3 is 5.97 Å². The normalized spacial score (nSPS) is 9.67. The van der Waals surface area contributed by atoms with E-state index in [-0.39, 0.29) is 12.1 Å². The molecule has 6 heteroatoms. The average molecular weight is 209 g/mol. The van der Waals surface area contributed by atoms with E-state index in [0.717, 1.165) is 0 Å². The third kappa shape index (κ3) is 3.26. The molecule has 0 atom stereocenters. The predicted molar refractivity (Wildman–Crippen MR) is 53.6 cm³/mol. The van der Waals surface area contributed by atoms with Crippen molar-refractivity contribution < 1.29 is 14.7 Å². The van der Waals surface area contributed by atoms with Gasteiger partial charge in [0.25, 0.3) is 0 Å². The summed E-state index contributed by atoms with van der Waals surface area (Å²) in [5, 5.41) is 11.4. The molecule has 0 radical (unpaired) electrons. The number of carbonyl (C=O) groups is 2. The number of aromatic nitrogens is 1. The van der Waals surface area contributed by atoms with Crippen LogP contribution in [0.5, 0.6) is 0 Å². The zero-order valence-electron chi connectivity index (χ0n) is 8.15. The van der Waals surface area contributed by atoms with Gasteiger partial charge in [0.05, 0.1) is 12.1 Å². The van der Waals surface area contributed by atoms with Crippen LogP contribution in [0.4, 0.5) is 5.82 Å². The molecule has 0 saturated carbocycles. The highest BCUT2D eigenvalue weighted by Gasteiger charge is 2.06. The van der Waals surface area contributed by atoms with Gasteiger partial charge in [-0.15, -0.1) is 0 Å². The summed E-state index contributed by atoms with van der Waals surface area (Å²) in [5.74, 6) is -1.25. The Bertz CT molecular complexity index is 404. The number of carboxylic acids is 1. The Balaban J connectivity index is 2.88. The maximum atomic E-state index is 10.7. The number of amides is 1. The standard InChI is InChI=1S/C9H11N3O3/c1-5-2-6(9(14)15)3-8(12-5)11-4-7(10)13/h2-3H,4H2,1H3,(H2,10,13)(H,11,12)(H,14,15). The lowest BCUT2D eigenvalue weighted by Crippen LogP contribution is -2.22. The van der Waals surface area contributed by atoms with Crippen LogP contribution in [0.1, 0.15) is 16.1 Å². The van der Waals surface area contributed by atoms with Crippen molar-refractivity contribution in [3.8, 4) is 0 Å². The van der Waals surface area contributed by atoms with Crippen LogP contribution < -0.4 is 11.1 Å². The SMILES string of the molecule is Cc1cc(C(=O)O)cc(NCC(N)=O)n1. The summed E-state index contributed by atoms with van der Waals surface area (Å²) >= 11 is 0. The fraction of sp³-hybridized carbons (Fsp3) is 0.222. The van der Waals surface area contributed by atoms with Crippen LogP contribution in [0.3, 0.4) is 0 Å². The van der Waals surface area contributed by atoms with Gasteiger partial charge in [0.2, 0.25) is 5.91 Å². The Labute approximate surface area is 86.1 Å². The van der Waals surface area contributed by atoms with Crippen molar-refractivity contribution in [2.24, 2.45) is 5.73 Å². The zero-order chi connectivity index (χ0) is 11.4. The highest BCUT2D eigenvalue weighted by Crippen LogP contribution is 2.09. The summed E-state index contributed by atoms with van der Waals surface area (Å²) in [7, 11) is 0. The largest absolute Gasteiger partial charge is 0.478 e. The maximum Gasteiger partial charge on any atom is 0.335 e. The number of hydrogen-bond acceptors (Lipinski definition) is 4. The number of primary amides is 1. The lowest BCUT2D eigenvalue weighted by molar-refractivity contribution is -0.116. The molecule has 0 saturated heterocycles. The quantitative estimate of drug-likeness (QED) is 0.646. The number of rotatable bonds is 4. The number of nitrogens with two attached hydrogens (primary N) is 1. The minimum Gasteiger partial charge on any atom is -0.478 e. The van der Waals surface area contributed by atoms with Crippen molar-refractivity contribution in [1.29, 1.82) is 0 Å². The Hall–Kier alpha value is -2.11. The van der Waals surface area contributed by atoms with Gasteiger partial charge in [-0.25, -0.2) is 9.78 Å². The Morgan fingerprint density at radius 3 is 2.73 bits per heavy atom. The van der Waals surface area contributed by atoms with Gasteiger partial charge < -0.3 is 16.2 Å². The monoisotopic (exact) mass is 209 g/mol. The number of pyridine rings is 1. The lowest BCUT2D eigenvalue weighted by atomic mass is 10.2. The van der Waals surface area contributed by atoms with E-state index in [9.17, 15) is 9.59 Å². The average Bonchev–Trinajstić information content (AvgIpc) is 2.13. The number of aryl methyl sites for hydroxylation is 1. The molecule has 0 aromatic carbocycles. The van der Waals surface area contributed by atoms with Gasteiger partial charge in [-0.1, -0.05) is 0 Å². The van der Waals surface area contributed by atoms with Crippen molar-refractivity contribution in [2.45, 2.75) is 6.92 Å². The summed E-state index contributed by atoms with van der Waals surface area (Å²) in [6.45, 7) is 1.59. The number of carboxylic acid groups (broad SMARTS) is 1. The summed E-state index contributed by atoms with van der Waals surface area (Å²) in [4.78, 5) is 25.2. The third-order valence-electron chi connectivity index (χ3n) is 1.64. The molecular formula is C9H11N3O3. The molecule has 0 aliphatic heterocycles. The first-order valence-electron chi connectivity index (χ1n) is 4.23. The smallest absolute Gasteiger partial charge is 0.335 e. The van der Waals surface area contributed by atoms with E-state index in [4.69, 9.17) is 10.8 Å². The van der Waals surface area contributed by atoms with Gasteiger partial charge in [-0.05, 0) is 19.1 Å². The van der Waals surface area contributed by atoms with Crippen LogP contribution in [0, 0.1) is 6.92 Å². The molecule has 0 spiro atoms. The predicted octanol–water partition coefficient (Wildman–Crippen LogP) is -0.0146. The highest BCUT2D eigenvalue weighted by molar-refractivity contribution is 5.88. The molecular weight excluding hydrogens is 198 g/mol. The minimum absolute atomic E-state index is 0.0739. The van der Waals surface area contributed by atoms with Gasteiger partial charge in [0.15, 0.2) is 0 Å². The van der Waals surface area contributed by atoms with Gasteiger partial charge in [0, 0.05) is 5.69 Å². The molecule has 0 unspecified atom stereocenters. The first kappa shape index (κ1) is 11.0. The first-order valence-corrected chi connectivity index (χ1v) is 4.23. The number of nitrogens with one attached hydrogen (secondary N) is 1. The van der Waals surface area contributed by atoms with E-state index >= 15 is 0 Å². The van der Waals surface area contributed by atoms with E-state index in [2.05, 4.69) is 10.3 Å². The van der Waals surface area contributed by atoms with Crippen molar-refractivity contribution in [3.05, 3.63) is 23.4 Å². The van der Waals surface area contributed by atoms with E-state index in [1.165, 1.54) is 12.1 Å². The third-order valence-corrected chi connectivity index (χ3v) is 1.64. The molecule has 6 nitrogen and oxygen atoms in total. The zero-order valence-corrected chi connectivity index (χ0v) is 8.15. The van der Waals surface area contributed by atoms with Crippen LogP contribution in [0.2, 0.25) is 0 Å². The molecule has 1 rings (SSSR count). The Kier molecular flexibility index (Phi) is 3.22. The lowest BCUT2D eigenvalue weighted by Gasteiger charge is -2.05. The molecule has 15 heavy (non-hydrogen) atoms.